The molecule has 0 heterocycles. The van der Waals surface area contributed by atoms with Crippen molar-refractivity contribution >= 4 is 28.0 Å². The Hall–Kier alpha value is -2.53. The number of methoxy groups -OCH3 is 1. The monoisotopic (exact) mass is 362 g/mol. The van der Waals surface area contributed by atoms with E-state index in [2.05, 4.69) is 9.47 Å². The van der Waals surface area contributed by atoms with Crippen LogP contribution in [0.15, 0.2) is 29.2 Å². The van der Waals surface area contributed by atoms with Crippen molar-refractivity contribution in [2.24, 2.45) is 0 Å². The van der Waals surface area contributed by atoms with Crippen LogP contribution in [0.5, 0.6) is 0 Å². The Kier molecular flexibility index (Phi) is 6.80. The van der Waals surface area contributed by atoms with Gasteiger partial charge in [0.2, 0.25) is 10.0 Å². The molecule has 1 aromatic rings. The smallest absolute Gasteiger partial charge is 0.413 e. The molecule has 1 aromatic carbocycles. The minimum atomic E-state index is -4.04. The van der Waals surface area contributed by atoms with Crippen LogP contribution >= 0.6 is 0 Å². The van der Waals surface area contributed by atoms with Crippen molar-refractivity contribution in [3.05, 3.63) is 30.1 Å². The Morgan fingerprint density at radius 2 is 1.79 bits per heavy atom. The third-order valence-corrected chi connectivity index (χ3v) is 4.04. The predicted octanol–water partition coefficient (Wildman–Crippen LogP) is -0.0817. The van der Waals surface area contributed by atoms with Crippen LogP contribution in [-0.2, 0) is 29.1 Å². The summed E-state index contributed by atoms with van der Waals surface area (Å²) in [4.78, 5) is 33.6. The van der Waals surface area contributed by atoms with E-state index in [1.165, 1.54) is 6.92 Å². The van der Waals surface area contributed by atoms with Crippen molar-refractivity contribution in [3.63, 3.8) is 0 Å². The van der Waals surface area contributed by atoms with E-state index in [0.29, 0.717) is 0 Å². The second-order valence-electron chi connectivity index (χ2n) is 4.39. The Morgan fingerprint density at radius 3 is 2.33 bits per heavy atom. The average Bonchev–Trinajstić information content (AvgIpc) is 2.53. The molecule has 9 nitrogen and oxygen atoms in total. The molecule has 0 aliphatic heterocycles. The molecule has 2 amide bonds. The van der Waals surface area contributed by atoms with Gasteiger partial charge in [0, 0.05) is 0 Å². The molecular weight excluding hydrogens is 347 g/mol. The Balaban J connectivity index is 2.55. The Labute approximate surface area is 137 Å². The van der Waals surface area contributed by atoms with E-state index >= 15 is 0 Å². The molecule has 0 unspecified atom stereocenters. The van der Waals surface area contributed by atoms with Gasteiger partial charge >= 0.3 is 12.1 Å². The zero-order valence-electron chi connectivity index (χ0n) is 12.7. The highest BCUT2D eigenvalue weighted by atomic mass is 32.2. The second-order valence-corrected chi connectivity index (χ2v) is 6.16. The number of carbonyl (C=O) groups is 3. The molecule has 24 heavy (non-hydrogen) atoms. The molecule has 1 atom stereocenters. The van der Waals surface area contributed by atoms with Gasteiger partial charge in [0.1, 0.15) is 12.4 Å². The molecule has 2 N–H and O–H groups in total. The Morgan fingerprint density at radius 1 is 1.21 bits per heavy atom. The van der Waals surface area contributed by atoms with Crippen molar-refractivity contribution in [3.8, 4) is 0 Å². The van der Waals surface area contributed by atoms with Gasteiger partial charge < -0.3 is 9.47 Å². The number of rotatable bonds is 6. The highest BCUT2D eigenvalue weighted by Gasteiger charge is 2.22. The number of hydrogen-bond acceptors (Lipinski definition) is 7. The first kappa shape index (κ1) is 19.5. The predicted molar refractivity (Wildman–Crippen MR) is 77.7 cm³/mol. The van der Waals surface area contributed by atoms with Gasteiger partial charge in [-0.25, -0.2) is 17.6 Å². The third-order valence-electron chi connectivity index (χ3n) is 2.62. The zero-order valence-corrected chi connectivity index (χ0v) is 13.6. The van der Waals surface area contributed by atoms with Crippen LogP contribution in [-0.4, -0.2) is 46.1 Å². The second kappa shape index (κ2) is 8.36. The molecule has 0 saturated carbocycles. The van der Waals surface area contributed by atoms with Crippen LogP contribution in [0.3, 0.4) is 0 Å². The largest absolute Gasteiger partial charge is 0.453 e. The SMILES string of the molecule is COC(=O)NC(=O)[C@@H](C)OC(=O)CNS(=O)(=O)c1ccc(F)cc1. The molecule has 0 saturated heterocycles. The maximum atomic E-state index is 12.8. The maximum absolute atomic E-state index is 12.8. The van der Waals surface area contributed by atoms with Crippen molar-refractivity contribution in [1.82, 2.24) is 10.0 Å². The highest BCUT2D eigenvalue weighted by Crippen LogP contribution is 2.09. The summed E-state index contributed by atoms with van der Waals surface area (Å²) in [5.74, 6) is -2.59. The number of hydrogen-bond donors (Lipinski definition) is 2. The number of carbonyl (C=O) groups excluding carboxylic acids is 3. The van der Waals surface area contributed by atoms with E-state index in [4.69, 9.17) is 0 Å². The van der Waals surface area contributed by atoms with Gasteiger partial charge in [0.05, 0.1) is 12.0 Å². The summed E-state index contributed by atoms with van der Waals surface area (Å²) in [6.07, 6.45) is -2.37. The minimum absolute atomic E-state index is 0.242. The lowest BCUT2D eigenvalue weighted by molar-refractivity contribution is -0.153. The lowest BCUT2D eigenvalue weighted by Crippen LogP contribution is -2.41. The van der Waals surface area contributed by atoms with Crippen molar-refractivity contribution in [2.45, 2.75) is 17.9 Å². The summed E-state index contributed by atoms with van der Waals surface area (Å²) in [5.41, 5.74) is 0. The molecular formula is C13H15FN2O7S. The molecule has 0 aliphatic carbocycles. The van der Waals surface area contributed by atoms with Crippen molar-refractivity contribution < 1.29 is 36.7 Å². The number of benzene rings is 1. The van der Waals surface area contributed by atoms with Crippen LogP contribution < -0.4 is 10.0 Å². The van der Waals surface area contributed by atoms with Crippen LogP contribution in [0.2, 0.25) is 0 Å². The molecule has 0 radical (unpaired) electrons. The van der Waals surface area contributed by atoms with Crippen LogP contribution in [0, 0.1) is 5.82 Å². The van der Waals surface area contributed by atoms with Crippen molar-refractivity contribution in [1.29, 1.82) is 0 Å². The quantitative estimate of drug-likeness (QED) is 0.677. The van der Waals surface area contributed by atoms with Gasteiger partial charge in [-0.15, -0.1) is 0 Å². The maximum Gasteiger partial charge on any atom is 0.413 e. The molecule has 0 aliphatic rings. The number of alkyl carbamates (subject to hydrolysis) is 1. The Bertz CT molecular complexity index is 718. The van der Waals surface area contributed by atoms with E-state index in [9.17, 15) is 27.2 Å². The lowest BCUT2D eigenvalue weighted by atomic mass is 10.4. The van der Waals surface area contributed by atoms with Gasteiger partial charge in [0.25, 0.3) is 5.91 Å². The summed E-state index contributed by atoms with van der Waals surface area (Å²) >= 11 is 0. The number of ether oxygens (including phenoxy) is 2. The fourth-order valence-corrected chi connectivity index (χ4v) is 2.37. The zero-order chi connectivity index (χ0) is 18.3. The van der Waals surface area contributed by atoms with E-state index in [-0.39, 0.29) is 4.90 Å². The molecule has 0 bridgehead atoms. The summed E-state index contributed by atoms with van der Waals surface area (Å²) in [6, 6.07) is 3.95. The van der Waals surface area contributed by atoms with Gasteiger partial charge in [-0.1, -0.05) is 0 Å². The topological polar surface area (TPSA) is 128 Å². The average molecular weight is 362 g/mol. The van der Waals surface area contributed by atoms with Crippen LogP contribution in [0.1, 0.15) is 6.92 Å². The number of nitrogens with one attached hydrogen (secondary N) is 2. The number of imide groups is 1. The first-order chi connectivity index (χ1) is 11.2. The van der Waals surface area contributed by atoms with E-state index < -0.39 is 46.5 Å². The third kappa shape index (κ3) is 5.93. The lowest BCUT2D eigenvalue weighted by Gasteiger charge is -2.12. The number of amides is 2. The summed E-state index contributed by atoms with van der Waals surface area (Å²) in [6.45, 7) is 0.431. The first-order valence-corrected chi connectivity index (χ1v) is 7.97. The fourth-order valence-electron chi connectivity index (χ4n) is 1.40. The normalized spacial score (nSPS) is 12.1. The van der Waals surface area contributed by atoms with E-state index in [1.54, 1.807) is 5.32 Å². The summed E-state index contributed by atoms with van der Waals surface area (Å²) in [7, 11) is -3.00. The molecule has 132 valence electrons. The number of sulfonamides is 1. The standard InChI is InChI=1S/C13H15FN2O7S/c1-8(12(18)16-13(19)22-2)23-11(17)7-15-24(20,21)10-5-3-9(14)4-6-10/h3-6,8,15H,7H2,1-2H3,(H,16,18,19)/t8-/m1/s1. The van der Waals surface area contributed by atoms with E-state index in [1.807, 2.05) is 4.72 Å². The molecule has 1 rings (SSSR count). The van der Waals surface area contributed by atoms with Gasteiger partial charge in [-0.2, -0.15) is 4.72 Å². The van der Waals surface area contributed by atoms with Crippen LogP contribution in [0.4, 0.5) is 9.18 Å². The number of esters is 1. The van der Waals surface area contributed by atoms with Gasteiger partial charge in [-0.3, -0.25) is 14.9 Å². The fraction of sp³-hybridized carbons (Fsp3) is 0.308. The molecule has 0 fully saturated rings. The molecule has 11 heteroatoms. The van der Waals surface area contributed by atoms with Gasteiger partial charge in [-0.05, 0) is 31.2 Å². The molecule has 0 aromatic heterocycles. The van der Waals surface area contributed by atoms with Gasteiger partial charge in [0.15, 0.2) is 6.10 Å². The minimum Gasteiger partial charge on any atom is -0.453 e. The summed E-state index contributed by atoms with van der Waals surface area (Å²) < 4.78 is 47.3. The molecule has 0 spiro atoms. The van der Waals surface area contributed by atoms with Crippen molar-refractivity contribution in [2.75, 3.05) is 13.7 Å². The van der Waals surface area contributed by atoms with Crippen LogP contribution in [0.25, 0.3) is 0 Å². The highest BCUT2D eigenvalue weighted by molar-refractivity contribution is 7.89. The van der Waals surface area contributed by atoms with E-state index in [0.717, 1.165) is 31.4 Å². The first-order valence-electron chi connectivity index (χ1n) is 6.49. The number of halogens is 1. The summed E-state index contributed by atoms with van der Waals surface area (Å²) in [5, 5.41) is 1.79.